The third-order valence-electron chi connectivity index (χ3n) is 2.93. The summed E-state index contributed by atoms with van der Waals surface area (Å²) in [5.41, 5.74) is 1.49. The number of nitrogens with zero attached hydrogens (tertiary/aromatic N) is 1. The van der Waals surface area contributed by atoms with Gasteiger partial charge in [-0.15, -0.1) is 0 Å². The van der Waals surface area contributed by atoms with E-state index in [0.29, 0.717) is 10.7 Å². The molecule has 0 unspecified atom stereocenters. The minimum Gasteiger partial charge on any atom is -0.391 e. The highest BCUT2D eigenvalue weighted by atomic mass is 35.5. The average molecular weight is 300 g/mol. The van der Waals surface area contributed by atoms with E-state index in [1.54, 1.807) is 12.1 Å². The predicted octanol–water partition coefficient (Wildman–Crippen LogP) is 2.54. The maximum absolute atomic E-state index is 11.7. The Bertz CT molecular complexity index is 464. The molecule has 0 bridgehead atoms. The van der Waals surface area contributed by atoms with Gasteiger partial charge in [0.1, 0.15) is 0 Å². The molecule has 1 aromatic carbocycles. The van der Waals surface area contributed by atoms with Crippen LogP contribution in [0.1, 0.15) is 13.8 Å². The molecular weight excluding hydrogens is 278 g/mol. The molecule has 0 aromatic heterocycles. The Balaban J connectivity index is 2.56. The highest BCUT2D eigenvalue weighted by Crippen LogP contribution is 2.27. The first-order valence-electron chi connectivity index (χ1n) is 6.51. The van der Waals surface area contributed by atoms with Gasteiger partial charge in [0, 0.05) is 26.3 Å². The Labute approximate surface area is 124 Å². The second-order valence-electron chi connectivity index (χ2n) is 5.21. The van der Waals surface area contributed by atoms with Gasteiger partial charge in [0.05, 0.1) is 16.8 Å². The van der Waals surface area contributed by atoms with Gasteiger partial charge in [-0.3, -0.25) is 0 Å². The molecule has 112 valence electrons. The number of nitrogens with one attached hydrogen (secondary N) is 2. The summed E-state index contributed by atoms with van der Waals surface area (Å²) in [6.07, 6.45) is -0.555. The Morgan fingerprint density at radius 1 is 1.40 bits per heavy atom. The molecule has 0 aliphatic heterocycles. The number of hydrogen-bond acceptors (Lipinski definition) is 3. The van der Waals surface area contributed by atoms with Crippen LogP contribution in [0.3, 0.4) is 0 Å². The first-order chi connectivity index (χ1) is 9.31. The standard InChI is InChI=1S/C14H22ClN3O2/c1-9(2)13(19)8-16-14(20)17-10-5-6-12(18(3)4)11(15)7-10/h5-7,9,13,19H,8H2,1-4H3,(H2,16,17,20)/t13-/m1/s1. The Morgan fingerprint density at radius 2 is 2.05 bits per heavy atom. The van der Waals surface area contributed by atoms with Crippen LogP contribution >= 0.6 is 11.6 Å². The van der Waals surface area contributed by atoms with Crippen molar-refractivity contribution in [3.63, 3.8) is 0 Å². The van der Waals surface area contributed by atoms with Crippen molar-refractivity contribution < 1.29 is 9.90 Å². The smallest absolute Gasteiger partial charge is 0.319 e. The number of benzene rings is 1. The number of rotatable bonds is 5. The van der Waals surface area contributed by atoms with E-state index < -0.39 is 6.10 Å². The topological polar surface area (TPSA) is 64.6 Å². The lowest BCUT2D eigenvalue weighted by Crippen LogP contribution is -2.37. The van der Waals surface area contributed by atoms with E-state index in [0.717, 1.165) is 5.69 Å². The van der Waals surface area contributed by atoms with E-state index in [1.165, 1.54) is 0 Å². The van der Waals surface area contributed by atoms with Crippen LogP contribution in [0, 0.1) is 5.92 Å². The molecule has 0 fully saturated rings. The number of halogens is 1. The highest BCUT2D eigenvalue weighted by Gasteiger charge is 2.11. The monoisotopic (exact) mass is 299 g/mol. The van der Waals surface area contributed by atoms with Crippen molar-refractivity contribution in [2.45, 2.75) is 20.0 Å². The van der Waals surface area contributed by atoms with Crippen molar-refractivity contribution in [3.05, 3.63) is 23.2 Å². The molecule has 0 saturated carbocycles. The zero-order chi connectivity index (χ0) is 15.3. The summed E-state index contributed by atoms with van der Waals surface area (Å²) in [4.78, 5) is 13.6. The summed E-state index contributed by atoms with van der Waals surface area (Å²) in [5.74, 6) is 0.101. The van der Waals surface area contributed by atoms with Gasteiger partial charge in [0.2, 0.25) is 0 Å². The fourth-order valence-electron chi connectivity index (χ4n) is 1.56. The molecule has 2 amide bonds. The molecule has 0 aliphatic rings. The van der Waals surface area contributed by atoms with Gasteiger partial charge >= 0.3 is 6.03 Å². The second-order valence-corrected chi connectivity index (χ2v) is 5.61. The normalized spacial score (nSPS) is 12.2. The van der Waals surface area contributed by atoms with Crippen LogP contribution in [0.2, 0.25) is 5.02 Å². The summed E-state index contributed by atoms with van der Waals surface area (Å²) in [5, 5.41) is 15.5. The molecule has 5 nitrogen and oxygen atoms in total. The van der Waals surface area contributed by atoms with Crippen molar-refractivity contribution in [3.8, 4) is 0 Å². The highest BCUT2D eigenvalue weighted by molar-refractivity contribution is 6.33. The van der Waals surface area contributed by atoms with Gasteiger partial charge in [-0.2, -0.15) is 0 Å². The molecule has 20 heavy (non-hydrogen) atoms. The summed E-state index contributed by atoms with van der Waals surface area (Å²) < 4.78 is 0. The largest absolute Gasteiger partial charge is 0.391 e. The first kappa shape index (κ1) is 16.6. The number of carbonyl (C=O) groups is 1. The number of urea groups is 1. The van der Waals surface area contributed by atoms with Crippen LogP contribution in [0.5, 0.6) is 0 Å². The maximum atomic E-state index is 11.7. The predicted molar refractivity (Wildman–Crippen MR) is 83.6 cm³/mol. The van der Waals surface area contributed by atoms with Crippen molar-refractivity contribution in [1.29, 1.82) is 0 Å². The van der Waals surface area contributed by atoms with E-state index in [-0.39, 0.29) is 18.5 Å². The molecule has 0 spiro atoms. The molecule has 0 heterocycles. The number of hydrogen-bond donors (Lipinski definition) is 3. The van der Waals surface area contributed by atoms with Gasteiger partial charge in [0.15, 0.2) is 0 Å². The zero-order valence-electron chi connectivity index (χ0n) is 12.3. The SMILES string of the molecule is CC(C)[C@H](O)CNC(=O)Nc1ccc(N(C)C)c(Cl)c1. The number of anilines is 2. The van der Waals surface area contributed by atoms with Crippen LogP contribution in [0.25, 0.3) is 0 Å². The van der Waals surface area contributed by atoms with Crippen LogP contribution < -0.4 is 15.5 Å². The minimum atomic E-state index is -0.555. The molecule has 0 saturated heterocycles. The minimum absolute atomic E-state index is 0.101. The molecule has 1 atom stereocenters. The van der Waals surface area contributed by atoms with Crippen LogP contribution in [0.4, 0.5) is 16.2 Å². The van der Waals surface area contributed by atoms with Gasteiger partial charge in [-0.05, 0) is 24.1 Å². The first-order valence-corrected chi connectivity index (χ1v) is 6.89. The van der Waals surface area contributed by atoms with Crippen molar-refractivity contribution in [1.82, 2.24) is 5.32 Å². The summed E-state index contributed by atoms with van der Waals surface area (Å²) >= 11 is 6.12. The second kappa shape index (κ2) is 7.36. The van der Waals surface area contributed by atoms with E-state index in [2.05, 4.69) is 10.6 Å². The lowest BCUT2D eigenvalue weighted by Gasteiger charge is -2.17. The Morgan fingerprint density at radius 3 is 2.55 bits per heavy atom. The van der Waals surface area contributed by atoms with Crippen molar-refractivity contribution in [2.24, 2.45) is 5.92 Å². The van der Waals surface area contributed by atoms with Crippen LogP contribution in [-0.2, 0) is 0 Å². The van der Waals surface area contributed by atoms with Gasteiger partial charge in [-0.25, -0.2) is 4.79 Å². The lowest BCUT2D eigenvalue weighted by molar-refractivity contribution is 0.126. The van der Waals surface area contributed by atoms with Crippen molar-refractivity contribution in [2.75, 3.05) is 30.9 Å². The summed E-state index contributed by atoms with van der Waals surface area (Å²) in [6.45, 7) is 4.00. The average Bonchev–Trinajstić information content (AvgIpc) is 2.35. The van der Waals surface area contributed by atoms with Gasteiger partial charge in [0.25, 0.3) is 0 Å². The molecular formula is C14H22ClN3O2. The number of aliphatic hydroxyl groups excluding tert-OH is 1. The number of carbonyl (C=O) groups excluding carboxylic acids is 1. The Kier molecular flexibility index (Phi) is 6.10. The molecule has 0 aliphatic carbocycles. The van der Waals surface area contributed by atoms with Gasteiger partial charge in [-0.1, -0.05) is 25.4 Å². The fourth-order valence-corrected chi connectivity index (χ4v) is 1.91. The third kappa shape index (κ3) is 4.90. The molecule has 0 radical (unpaired) electrons. The quantitative estimate of drug-likeness (QED) is 0.783. The Hall–Kier alpha value is -1.46. The number of amides is 2. The van der Waals surface area contributed by atoms with Crippen LogP contribution in [0.15, 0.2) is 18.2 Å². The van der Waals surface area contributed by atoms with E-state index >= 15 is 0 Å². The molecule has 1 aromatic rings. The van der Waals surface area contributed by atoms with Crippen molar-refractivity contribution >= 4 is 29.0 Å². The van der Waals surface area contributed by atoms with E-state index in [1.807, 2.05) is 38.9 Å². The molecule has 1 rings (SSSR count). The van der Waals surface area contributed by atoms with Gasteiger partial charge < -0.3 is 20.6 Å². The maximum Gasteiger partial charge on any atom is 0.319 e. The van der Waals surface area contributed by atoms with Crippen LogP contribution in [-0.4, -0.2) is 37.9 Å². The third-order valence-corrected chi connectivity index (χ3v) is 3.23. The van der Waals surface area contributed by atoms with E-state index in [9.17, 15) is 9.90 Å². The van der Waals surface area contributed by atoms with E-state index in [4.69, 9.17) is 11.6 Å². The fraction of sp³-hybridized carbons (Fsp3) is 0.500. The number of aliphatic hydroxyl groups is 1. The summed E-state index contributed by atoms with van der Waals surface area (Å²) in [7, 11) is 3.79. The zero-order valence-corrected chi connectivity index (χ0v) is 13.0. The molecule has 6 heteroatoms. The molecule has 3 N–H and O–H groups in total. The summed E-state index contributed by atoms with van der Waals surface area (Å²) in [6, 6.07) is 4.94. The lowest BCUT2D eigenvalue weighted by atomic mass is 10.1.